The molecule has 1 aliphatic heterocycles. The highest BCUT2D eigenvalue weighted by Gasteiger charge is 2.24. The minimum absolute atomic E-state index is 0.251. The molecule has 0 radical (unpaired) electrons. The van der Waals surface area contributed by atoms with E-state index in [-0.39, 0.29) is 5.91 Å². The molecule has 3 aromatic carbocycles. The summed E-state index contributed by atoms with van der Waals surface area (Å²) < 4.78 is 31.2. The number of carbonyl (C=O) groups excluding carboxylic acids is 1. The Bertz CT molecular complexity index is 1390. The Morgan fingerprint density at radius 2 is 1.84 bits per heavy atom. The van der Waals surface area contributed by atoms with Gasteiger partial charge in [-0.3, -0.25) is 9.10 Å². The van der Waals surface area contributed by atoms with Gasteiger partial charge in [-0.25, -0.2) is 13.4 Å². The quantitative estimate of drug-likeness (QED) is 0.499. The zero-order valence-corrected chi connectivity index (χ0v) is 18.2. The summed E-state index contributed by atoms with van der Waals surface area (Å²) in [5.74, 6) is 0.271. The fraction of sp³-hybridized carbons (Fsp3) is 0.167. The predicted molar refractivity (Wildman–Crippen MR) is 124 cm³/mol. The second-order valence-corrected chi connectivity index (χ2v) is 9.71. The molecule has 1 amide bonds. The van der Waals surface area contributed by atoms with Crippen LogP contribution in [-0.4, -0.2) is 32.1 Å². The third-order valence-corrected chi connectivity index (χ3v) is 6.68. The maximum Gasteiger partial charge on any atom is 0.255 e. The molecule has 0 bridgehead atoms. The zero-order chi connectivity index (χ0) is 22.3. The summed E-state index contributed by atoms with van der Waals surface area (Å²) in [6, 6.07) is 20.0. The minimum Gasteiger partial charge on any atom is -0.436 e. The summed E-state index contributed by atoms with van der Waals surface area (Å²) in [4.78, 5) is 17.3. The molecule has 1 N–H and O–H groups in total. The van der Waals surface area contributed by atoms with Crippen LogP contribution in [0.25, 0.3) is 22.6 Å². The van der Waals surface area contributed by atoms with Gasteiger partial charge in [0.2, 0.25) is 15.9 Å². The predicted octanol–water partition coefficient (Wildman–Crippen LogP) is 4.46. The second-order valence-electron chi connectivity index (χ2n) is 7.80. The molecule has 0 aliphatic carbocycles. The molecule has 1 aliphatic rings. The number of oxazole rings is 1. The van der Waals surface area contributed by atoms with E-state index in [1.165, 1.54) is 10.6 Å². The van der Waals surface area contributed by atoms with Crippen LogP contribution in [0, 0.1) is 0 Å². The zero-order valence-electron chi connectivity index (χ0n) is 17.4. The van der Waals surface area contributed by atoms with Crippen molar-refractivity contribution in [2.24, 2.45) is 0 Å². The van der Waals surface area contributed by atoms with E-state index in [2.05, 4.69) is 10.3 Å². The number of anilines is 2. The van der Waals surface area contributed by atoms with Gasteiger partial charge in [0, 0.05) is 23.4 Å². The molecule has 8 heteroatoms. The van der Waals surface area contributed by atoms with Gasteiger partial charge in [0.1, 0.15) is 5.52 Å². The first kappa shape index (κ1) is 20.3. The van der Waals surface area contributed by atoms with Crippen LogP contribution in [0.4, 0.5) is 11.4 Å². The highest BCUT2D eigenvalue weighted by atomic mass is 32.2. The van der Waals surface area contributed by atoms with E-state index in [0.29, 0.717) is 29.4 Å². The van der Waals surface area contributed by atoms with Gasteiger partial charge in [-0.2, -0.15) is 0 Å². The lowest BCUT2D eigenvalue weighted by Gasteiger charge is -2.29. The van der Waals surface area contributed by atoms with Crippen molar-refractivity contribution in [3.05, 3.63) is 77.9 Å². The van der Waals surface area contributed by atoms with Crippen LogP contribution >= 0.6 is 0 Å². The van der Waals surface area contributed by atoms with Crippen molar-refractivity contribution in [2.75, 3.05) is 22.4 Å². The van der Waals surface area contributed by atoms with Crippen molar-refractivity contribution in [2.45, 2.75) is 12.8 Å². The van der Waals surface area contributed by atoms with E-state index >= 15 is 0 Å². The summed E-state index contributed by atoms with van der Waals surface area (Å²) >= 11 is 0. The van der Waals surface area contributed by atoms with Crippen LogP contribution in [0.2, 0.25) is 0 Å². The fourth-order valence-corrected chi connectivity index (χ4v) is 4.94. The highest BCUT2D eigenvalue weighted by Crippen LogP contribution is 2.30. The van der Waals surface area contributed by atoms with Crippen LogP contribution in [0.3, 0.4) is 0 Å². The van der Waals surface area contributed by atoms with Gasteiger partial charge in [-0.1, -0.05) is 12.1 Å². The van der Waals surface area contributed by atoms with Crippen LogP contribution in [0.1, 0.15) is 22.3 Å². The molecule has 0 saturated heterocycles. The molecule has 32 heavy (non-hydrogen) atoms. The first-order valence-corrected chi connectivity index (χ1v) is 12.1. The van der Waals surface area contributed by atoms with Crippen molar-refractivity contribution < 1.29 is 17.6 Å². The Morgan fingerprint density at radius 3 is 2.59 bits per heavy atom. The van der Waals surface area contributed by atoms with Gasteiger partial charge in [0.15, 0.2) is 5.58 Å². The van der Waals surface area contributed by atoms with Crippen LogP contribution in [0.5, 0.6) is 0 Å². The van der Waals surface area contributed by atoms with Gasteiger partial charge in [0.05, 0.1) is 11.9 Å². The number of fused-ring (bicyclic) bond motifs is 2. The summed E-state index contributed by atoms with van der Waals surface area (Å²) in [5, 5.41) is 2.89. The number of hydrogen-bond acceptors (Lipinski definition) is 5. The van der Waals surface area contributed by atoms with Gasteiger partial charge in [0.25, 0.3) is 5.91 Å². The summed E-state index contributed by atoms with van der Waals surface area (Å²) in [6.45, 7) is 0.462. The monoisotopic (exact) mass is 447 g/mol. The average molecular weight is 448 g/mol. The van der Waals surface area contributed by atoms with E-state index in [4.69, 9.17) is 4.42 Å². The van der Waals surface area contributed by atoms with E-state index in [1.54, 1.807) is 30.3 Å². The highest BCUT2D eigenvalue weighted by molar-refractivity contribution is 7.92. The number of hydrogen-bond donors (Lipinski definition) is 1. The van der Waals surface area contributed by atoms with E-state index in [1.807, 2.05) is 36.4 Å². The van der Waals surface area contributed by atoms with E-state index in [0.717, 1.165) is 35.1 Å². The van der Waals surface area contributed by atoms with Crippen LogP contribution in [0.15, 0.2) is 71.1 Å². The van der Waals surface area contributed by atoms with Gasteiger partial charge < -0.3 is 9.73 Å². The molecule has 7 nitrogen and oxygen atoms in total. The Hall–Kier alpha value is -3.65. The molecule has 0 saturated carbocycles. The normalized spacial score (nSPS) is 13.7. The Labute approximate surface area is 185 Å². The summed E-state index contributed by atoms with van der Waals surface area (Å²) in [7, 11) is -3.34. The second kappa shape index (κ2) is 7.80. The lowest BCUT2D eigenvalue weighted by Crippen LogP contribution is -2.34. The van der Waals surface area contributed by atoms with Crippen LogP contribution < -0.4 is 9.62 Å². The van der Waals surface area contributed by atoms with Crippen molar-refractivity contribution in [1.29, 1.82) is 0 Å². The Balaban J connectivity index is 1.34. The number of nitrogens with zero attached hydrogens (tertiary/aromatic N) is 2. The number of sulfonamides is 1. The molecule has 5 rings (SSSR count). The molecule has 2 heterocycles. The van der Waals surface area contributed by atoms with Crippen molar-refractivity contribution in [3.8, 4) is 11.5 Å². The summed E-state index contributed by atoms with van der Waals surface area (Å²) in [6.07, 6.45) is 2.66. The first-order valence-electron chi connectivity index (χ1n) is 10.3. The number of amides is 1. The Kier molecular flexibility index (Phi) is 4.94. The average Bonchev–Trinajstić information content (AvgIpc) is 3.22. The first-order chi connectivity index (χ1) is 15.4. The molecule has 0 fully saturated rings. The molecule has 162 valence electrons. The number of para-hydroxylation sites is 2. The number of aromatic nitrogens is 1. The molecule has 4 aromatic rings. The molecule has 1 aromatic heterocycles. The number of nitrogens with one attached hydrogen (secondary N) is 1. The lowest BCUT2D eigenvalue weighted by atomic mass is 10.0. The fourth-order valence-electron chi connectivity index (χ4n) is 3.94. The molecule has 0 atom stereocenters. The summed E-state index contributed by atoms with van der Waals surface area (Å²) in [5.41, 5.74) is 4.98. The smallest absolute Gasteiger partial charge is 0.255 e. The third kappa shape index (κ3) is 3.85. The largest absolute Gasteiger partial charge is 0.436 e. The lowest BCUT2D eigenvalue weighted by molar-refractivity contribution is 0.102. The number of carbonyl (C=O) groups is 1. The number of aryl methyl sites for hydroxylation is 1. The molecule has 0 spiro atoms. The SMILES string of the molecule is CS(=O)(=O)N1CCCc2cc(C(=O)Nc3ccc(-c4nc5ccccc5o4)cc3)ccc21. The molecular weight excluding hydrogens is 426 g/mol. The van der Waals surface area contributed by atoms with Crippen molar-refractivity contribution in [1.82, 2.24) is 4.98 Å². The topological polar surface area (TPSA) is 92.5 Å². The van der Waals surface area contributed by atoms with Crippen LogP contribution in [-0.2, 0) is 16.4 Å². The van der Waals surface area contributed by atoms with Crippen molar-refractivity contribution in [3.63, 3.8) is 0 Å². The minimum atomic E-state index is -3.34. The molecule has 0 unspecified atom stereocenters. The molecular formula is C24H21N3O4S. The van der Waals surface area contributed by atoms with Gasteiger partial charge >= 0.3 is 0 Å². The number of benzene rings is 3. The maximum absolute atomic E-state index is 12.8. The van der Waals surface area contributed by atoms with E-state index < -0.39 is 10.0 Å². The standard InChI is InChI=1S/C24H21N3O4S/c1-32(29,30)27-14-4-5-17-15-18(10-13-21(17)27)23(28)25-19-11-8-16(9-12-19)24-26-20-6-2-3-7-22(20)31-24/h2-3,6-13,15H,4-5,14H2,1H3,(H,25,28). The number of rotatable bonds is 4. The van der Waals surface area contributed by atoms with E-state index in [9.17, 15) is 13.2 Å². The Morgan fingerprint density at radius 1 is 1.06 bits per heavy atom. The maximum atomic E-state index is 12.8. The third-order valence-electron chi connectivity index (χ3n) is 5.50. The van der Waals surface area contributed by atoms with Gasteiger partial charge in [-0.05, 0) is 73.0 Å². The van der Waals surface area contributed by atoms with Crippen molar-refractivity contribution >= 4 is 38.4 Å². The van der Waals surface area contributed by atoms with Gasteiger partial charge in [-0.15, -0.1) is 0 Å².